The predicted octanol–water partition coefficient (Wildman–Crippen LogP) is 2.38. The van der Waals surface area contributed by atoms with Crippen LogP contribution in [0, 0.1) is 0 Å². The largest absolute Gasteiger partial charge is 0.478 e. The van der Waals surface area contributed by atoms with Crippen molar-refractivity contribution in [3.8, 4) is 11.4 Å². The standard InChI is InChI=1S/C15H11N5O2/c21-14(22)10-1-3-11(4-2-10)19-15-18-6-5-12(20-15)13-9-16-7-8-17-13/h1-9H,(H,21,22)(H,18,19,20). The van der Waals surface area contributed by atoms with Crippen molar-refractivity contribution < 1.29 is 9.90 Å². The molecule has 7 heteroatoms. The number of carboxylic acid groups (broad SMARTS) is 1. The second-order valence-electron chi connectivity index (χ2n) is 4.36. The van der Waals surface area contributed by atoms with Gasteiger partial charge in [0.2, 0.25) is 5.95 Å². The first-order valence-corrected chi connectivity index (χ1v) is 6.42. The van der Waals surface area contributed by atoms with Crippen LogP contribution in [0.15, 0.2) is 55.1 Å². The van der Waals surface area contributed by atoms with Gasteiger partial charge in [-0.25, -0.2) is 14.8 Å². The van der Waals surface area contributed by atoms with Crippen molar-refractivity contribution in [2.75, 3.05) is 5.32 Å². The number of rotatable bonds is 4. The second-order valence-corrected chi connectivity index (χ2v) is 4.36. The Balaban J connectivity index is 1.82. The molecule has 3 aromatic rings. The first-order valence-electron chi connectivity index (χ1n) is 6.42. The van der Waals surface area contributed by atoms with E-state index in [2.05, 4.69) is 25.3 Å². The van der Waals surface area contributed by atoms with E-state index in [0.717, 1.165) is 0 Å². The molecule has 0 radical (unpaired) electrons. The molecule has 0 fully saturated rings. The molecule has 0 amide bonds. The maximum atomic E-state index is 10.8. The number of carboxylic acids is 1. The Morgan fingerprint density at radius 1 is 0.955 bits per heavy atom. The summed E-state index contributed by atoms with van der Waals surface area (Å²) < 4.78 is 0. The van der Waals surface area contributed by atoms with E-state index in [4.69, 9.17) is 5.11 Å². The van der Waals surface area contributed by atoms with Gasteiger partial charge < -0.3 is 10.4 Å². The smallest absolute Gasteiger partial charge is 0.335 e. The highest BCUT2D eigenvalue weighted by molar-refractivity contribution is 5.88. The number of nitrogens with zero attached hydrogens (tertiary/aromatic N) is 4. The van der Waals surface area contributed by atoms with Crippen LogP contribution in [0.2, 0.25) is 0 Å². The first-order chi connectivity index (χ1) is 10.7. The van der Waals surface area contributed by atoms with Crippen LogP contribution in [0.25, 0.3) is 11.4 Å². The fourth-order valence-corrected chi connectivity index (χ4v) is 1.82. The van der Waals surface area contributed by atoms with E-state index in [1.807, 2.05) is 0 Å². The molecule has 2 N–H and O–H groups in total. The number of nitrogens with one attached hydrogen (secondary N) is 1. The van der Waals surface area contributed by atoms with Crippen molar-refractivity contribution in [1.82, 2.24) is 19.9 Å². The molecule has 0 atom stereocenters. The van der Waals surface area contributed by atoms with Crippen molar-refractivity contribution in [2.24, 2.45) is 0 Å². The lowest BCUT2D eigenvalue weighted by Crippen LogP contribution is -2.00. The van der Waals surface area contributed by atoms with Gasteiger partial charge >= 0.3 is 5.97 Å². The molecule has 7 nitrogen and oxygen atoms in total. The number of anilines is 2. The highest BCUT2D eigenvalue weighted by atomic mass is 16.4. The van der Waals surface area contributed by atoms with E-state index < -0.39 is 5.97 Å². The van der Waals surface area contributed by atoms with E-state index >= 15 is 0 Å². The molecule has 2 heterocycles. The number of hydrogen-bond acceptors (Lipinski definition) is 6. The van der Waals surface area contributed by atoms with E-state index in [-0.39, 0.29) is 5.56 Å². The van der Waals surface area contributed by atoms with E-state index in [9.17, 15) is 4.79 Å². The molecule has 0 bridgehead atoms. The van der Waals surface area contributed by atoms with Crippen molar-refractivity contribution in [3.63, 3.8) is 0 Å². The highest BCUT2D eigenvalue weighted by Crippen LogP contribution is 2.17. The SMILES string of the molecule is O=C(O)c1ccc(Nc2nccc(-c3cnccn3)n2)cc1. The van der Waals surface area contributed by atoms with E-state index in [0.29, 0.717) is 23.0 Å². The third kappa shape index (κ3) is 3.04. The van der Waals surface area contributed by atoms with Gasteiger partial charge in [0.15, 0.2) is 0 Å². The summed E-state index contributed by atoms with van der Waals surface area (Å²) in [5, 5.41) is 11.9. The summed E-state index contributed by atoms with van der Waals surface area (Å²) in [4.78, 5) is 27.5. The second kappa shape index (κ2) is 5.96. The summed E-state index contributed by atoms with van der Waals surface area (Å²) in [6.07, 6.45) is 6.42. The van der Waals surface area contributed by atoms with Gasteiger partial charge in [-0.05, 0) is 30.3 Å². The molecule has 0 spiro atoms. The quantitative estimate of drug-likeness (QED) is 0.761. The maximum Gasteiger partial charge on any atom is 0.335 e. The van der Waals surface area contributed by atoms with Crippen LogP contribution in [0.1, 0.15) is 10.4 Å². The number of hydrogen-bond donors (Lipinski definition) is 2. The minimum Gasteiger partial charge on any atom is -0.478 e. The van der Waals surface area contributed by atoms with Crippen molar-refractivity contribution in [2.45, 2.75) is 0 Å². The van der Waals surface area contributed by atoms with E-state index in [1.165, 1.54) is 12.1 Å². The van der Waals surface area contributed by atoms with Crippen LogP contribution in [0.4, 0.5) is 11.6 Å². The number of benzene rings is 1. The fraction of sp³-hybridized carbons (Fsp3) is 0. The van der Waals surface area contributed by atoms with Gasteiger partial charge in [-0.3, -0.25) is 9.97 Å². The third-order valence-corrected chi connectivity index (χ3v) is 2.87. The zero-order valence-electron chi connectivity index (χ0n) is 11.3. The summed E-state index contributed by atoms with van der Waals surface area (Å²) in [5.74, 6) is -0.571. The number of aromatic carboxylic acids is 1. The van der Waals surface area contributed by atoms with Crippen LogP contribution in [0.5, 0.6) is 0 Å². The average Bonchev–Trinajstić information content (AvgIpc) is 2.56. The first kappa shape index (κ1) is 13.6. The van der Waals surface area contributed by atoms with Gasteiger partial charge in [-0.1, -0.05) is 0 Å². The lowest BCUT2D eigenvalue weighted by molar-refractivity contribution is 0.0697. The zero-order chi connectivity index (χ0) is 15.4. The van der Waals surface area contributed by atoms with Crippen LogP contribution >= 0.6 is 0 Å². The lowest BCUT2D eigenvalue weighted by Gasteiger charge is -2.06. The summed E-state index contributed by atoms with van der Waals surface area (Å²) in [6, 6.07) is 8.07. The molecule has 22 heavy (non-hydrogen) atoms. The van der Waals surface area contributed by atoms with Gasteiger partial charge in [0.1, 0.15) is 5.69 Å². The monoisotopic (exact) mass is 293 g/mol. The van der Waals surface area contributed by atoms with Gasteiger partial charge in [0.25, 0.3) is 0 Å². The van der Waals surface area contributed by atoms with Crippen LogP contribution in [-0.2, 0) is 0 Å². The highest BCUT2D eigenvalue weighted by Gasteiger charge is 2.05. The topological polar surface area (TPSA) is 101 Å². The molecule has 2 aromatic heterocycles. The van der Waals surface area contributed by atoms with Gasteiger partial charge in [-0.15, -0.1) is 0 Å². The lowest BCUT2D eigenvalue weighted by atomic mass is 10.2. The van der Waals surface area contributed by atoms with Crippen molar-refractivity contribution in [3.05, 3.63) is 60.7 Å². The van der Waals surface area contributed by atoms with Gasteiger partial charge in [-0.2, -0.15) is 0 Å². The minimum absolute atomic E-state index is 0.222. The fourth-order valence-electron chi connectivity index (χ4n) is 1.82. The Labute approximate surface area is 125 Å². The Morgan fingerprint density at radius 2 is 1.77 bits per heavy atom. The van der Waals surface area contributed by atoms with Gasteiger partial charge in [0.05, 0.1) is 17.5 Å². The number of carbonyl (C=O) groups is 1. The Morgan fingerprint density at radius 3 is 2.45 bits per heavy atom. The Bertz CT molecular complexity index is 791. The predicted molar refractivity (Wildman–Crippen MR) is 79.7 cm³/mol. The van der Waals surface area contributed by atoms with Crippen molar-refractivity contribution >= 4 is 17.6 Å². The van der Waals surface area contributed by atoms with E-state index in [1.54, 1.807) is 43.0 Å². The molecule has 0 aliphatic rings. The molecule has 3 rings (SSSR count). The molecule has 0 saturated heterocycles. The average molecular weight is 293 g/mol. The molecular formula is C15H11N5O2. The summed E-state index contributed by atoms with van der Waals surface area (Å²) >= 11 is 0. The van der Waals surface area contributed by atoms with Crippen LogP contribution < -0.4 is 5.32 Å². The zero-order valence-corrected chi connectivity index (χ0v) is 11.3. The molecule has 1 aromatic carbocycles. The number of aromatic nitrogens is 4. The van der Waals surface area contributed by atoms with Crippen LogP contribution in [-0.4, -0.2) is 31.0 Å². The maximum absolute atomic E-state index is 10.8. The molecule has 108 valence electrons. The molecule has 0 saturated carbocycles. The summed E-state index contributed by atoms with van der Waals surface area (Å²) in [5.41, 5.74) is 2.21. The summed E-state index contributed by atoms with van der Waals surface area (Å²) in [7, 11) is 0. The Kier molecular flexibility index (Phi) is 3.69. The summed E-state index contributed by atoms with van der Waals surface area (Å²) in [6.45, 7) is 0. The van der Waals surface area contributed by atoms with Gasteiger partial charge in [0, 0.05) is 24.3 Å². The van der Waals surface area contributed by atoms with Crippen molar-refractivity contribution in [1.29, 1.82) is 0 Å². The Hall–Kier alpha value is -3.35. The molecule has 0 unspecified atom stereocenters. The molecule has 0 aliphatic carbocycles. The molecule has 0 aliphatic heterocycles. The van der Waals surface area contributed by atoms with Crippen LogP contribution in [0.3, 0.4) is 0 Å². The normalized spacial score (nSPS) is 10.2. The molecular weight excluding hydrogens is 282 g/mol. The minimum atomic E-state index is -0.965. The third-order valence-electron chi connectivity index (χ3n) is 2.87.